The van der Waals surface area contributed by atoms with Gasteiger partial charge in [-0.3, -0.25) is 20.4 Å². The lowest BCUT2D eigenvalue weighted by molar-refractivity contribution is -0.133. The molecule has 0 aromatic heterocycles. The first-order chi connectivity index (χ1) is 13.8. The van der Waals surface area contributed by atoms with E-state index in [4.69, 9.17) is 9.47 Å². The molecule has 2 N–H and O–H groups in total. The fourth-order valence-electron chi connectivity index (χ4n) is 2.83. The summed E-state index contributed by atoms with van der Waals surface area (Å²) < 4.78 is 11.3. The zero-order chi connectivity index (χ0) is 21.4. The number of aryl methyl sites for hydroxylation is 2. The van der Waals surface area contributed by atoms with Gasteiger partial charge >= 0.3 is 0 Å². The van der Waals surface area contributed by atoms with Crippen LogP contribution in [0, 0.1) is 13.8 Å². The molecule has 0 aliphatic carbocycles. The van der Waals surface area contributed by atoms with Crippen LogP contribution in [0.3, 0.4) is 0 Å². The molecule has 0 aliphatic rings. The van der Waals surface area contributed by atoms with Crippen LogP contribution in [0.4, 0.5) is 0 Å². The highest BCUT2D eigenvalue weighted by Gasteiger charge is 2.18. The molecule has 6 heteroatoms. The molecule has 0 spiro atoms. The van der Waals surface area contributed by atoms with E-state index in [2.05, 4.69) is 24.7 Å². The SMILES string of the molecule is CCC(C)c1ccccc1OC(C)C(=O)NNC(=O)COc1ccc(C)cc1C. The molecule has 2 aromatic rings. The van der Waals surface area contributed by atoms with Gasteiger partial charge in [-0.25, -0.2) is 0 Å². The summed E-state index contributed by atoms with van der Waals surface area (Å²) in [7, 11) is 0. The Morgan fingerprint density at radius 3 is 2.41 bits per heavy atom. The van der Waals surface area contributed by atoms with Crippen molar-refractivity contribution in [3.05, 3.63) is 59.2 Å². The van der Waals surface area contributed by atoms with E-state index in [0.717, 1.165) is 23.1 Å². The zero-order valence-corrected chi connectivity index (χ0v) is 17.7. The Morgan fingerprint density at radius 2 is 1.72 bits per heavy atom. The molecule has 0 saturated heterocycles. The average molecular weight is 399 g/mol. The third-order valence-electron chi connectivity index (χ3n) is 4.75. The van der Waals surface area contributed by atoms with Crippen LogP contribution in [0.2, 0.25) is 0 Å². The van der Waals surface area contributed by atoms with Gasteiger partial charge in [0.2, 0.25) is 0 Å². The van der Waals surface area contributed by atoms with Gasteiger partial charge in [-0.05, 0) is 56.4 Å². The van der Waals surface area contributed by atoms with Gasteiger partial charge in [-0.1, -0.05) is 49.7 Å². The van der Waals surface area contributed by atoms with Crippen molar-refractivity contribution in [3.8, 4) is 11.5 Å². The highest BCUT2D eigenvalue weighted by atomic mass is 16.5. The lowest BCUT2D eigenvalue weighted by Crippen LogP contribution is -2.48. The van der Waals surface area contributed by atoms with Crippen molar-refractivity contribution >= 4 is 11.8 Å². The number of ether oxygens (including phenoxy) is 2. The number of nitrogens with one attached hydrogen (secondary N) is 2. The van der Waals surface area contributed by atoms with Crippen LogP contribution in [0.15, 0.2) is 42.5 Å². The number of carbonyl (C=O) groups excluding carboxylic acids is 2. The molecular weight excluding hydrogens is 368 g/mol. The van der Waals surface area contributed by atoms with Gasteiger partial charge < -0.3 is 9.47 Å². The summed E-state index contributed by atoms with van der Waals surface area (Å²) in [6, 6.07) is 13.4. The van der Waals surface area contributed by atoms with E-state index < -0.39 is 17.9 Å². The van der Waals surface area contributed by atoms with Crippen molar-refractivity contribution in [1.29, 1.82) is 0 Å². The number of para-hydroxylation sites is 1. The minimum absolute atomic E-state index is 0.198. The highest BCUT2D eigenvalue weighted by molar-refractivity contribution is 5.85. The zero-order valence-electron chi connectivity index (χ0n) is 17.7. The summed E-state index contributed by atoms with van der Waals surface area (Å²) in [6.45, 7) is 9.56. The van der Waals surface area contributed by atoms with Crippen LogP contribution >= 0.6 is 0 Å². The Balaban J connectivity index is 1.83. The van der Waals surface area contributed by atoms with E-state index in [1.165, 1.54) is 0 Å². The topological polar surface area (TPSA) is 76.7 Å². The van der Waals surface area contributed by atoms with E-state index in [9.17, 15) is 9.59 Å². The Bertz CT molecular complexity index is 851. The Kier molecular flexibility index (Phi) is 8.07. The Labute approximate surface area is 172 Å². The minimum Gasteiger partial charge on any atom is -0.483 e. The molecule has 2 amide bonds. The maximum Gasteiger partial charge on any atom is 0.279 e. The number of rotatable bonds is 8. The summed E-state index contributed by atoms with van der Waals surface area (Å²) in [4.78, 5) is 24.2. The molecule has 0 saturated carbocycles. The van der Waals surface area contributed by atoms with Crippen LogP contribution in [-0.4, -0.2) is 24.5 Å². The highest BCUT2D eigenvalue weighted by Crippen LogP contribution is 2.29. The van der Waals surface area contributed by atoms with Crippen molar-refractivity contribution in [2.24, 2.45) is 0 Å². The predicted octanol–water partition coefficient (Wildman–Crippen LogP) is 3.81. The summed E-state index contributed by atoms with van der Waals surface area (Å²) >= 11 is 0. The minimum atomic E-state index is -0.763. The van der Waals surface area contributed by atoms with E-state index >= 15 is 0 Å². The van der Waals surface area contributed by atoms with Gasteiger partial charge in [0.15, 0.2) is 12.7 Å². The number of benzene rings is 2. The fraction of sp³-hybridized carbons (Fsp3) is 0.391. The molecule has 29 heavy (non-hydrogen) atoms. The number of hydrazine groups is 1. The van der Waals surface area contributed by atoms with Gasteiger partial charge in [0.05, 0.1) is 0 Å². The maximum absolute atomic E-state index is 12.3. The van der Waals surface area contributed by atoms with Crippen LogP contribution in [0.1, 0.15) is 49.8 Å². The summed E-state index contributed by atoms with van der Waals surface area (Å²) in [5.41, 5.74) is 7.86. The monoisotopic (exact) mass is 398 g/mol. The molecule has 0 aliphatic heterocycles. The molecule has 0 radical (unpaired) electrons. The second-order valence-corrected chi connectivity index (χ2v) is 7.20. The Morgan fingerprint density at radius 1 is 1.00 bits per heavy atom. The van der Waals surface area contributed by atoms with Crippen molar-refractivity contribution in [3.63, 3.8) is 0 Å². The van der Waals surface area contributed by atoms with Crippen LogP contribution < -0.4 is 20.3 Å². The molecule has 0 heterocycles. The van der Waals surface area contributed by atoms with Crippen molar-refractivity contribution < 1.29 is 19.1 Å². The van der Waals surface area contributed by atoms with Gasteiger partial charge in [0, 0.05) is 0 Å². The predicted molar refractivity (Wildman–Crippen MR) is 113 cm³/mol. The number of carbonyl (C=O) groups is 2. The molecule has 156 valence electrons. The van der Waals surface area contributed by atoms with Crippen molar-refractivity contribution in [2.45, 2.75) is 53.1 Å². The van der Waals surface area contributed by atoms with Gasteiger partial charge in [-0.2, -0.15) is 0 Å². The Hall–Kier alpha value is -3.02. The average Bonchev–Trinajstić information content (AvgIpc) is 2.71. The van der Waals surface area contributed by atoms with Crippen LogP contribution in [-0.2, 0) is 9.59 Å². The molecule has 6 nitrogen and oxygen atoms in total. The van der Waals surface area contributed by atoms with Gasteiger partial charge in [0.25, 0.3) is 11.8 Å². The van der Waals surface area contributed by atoms with Gasteiger partial charge in [0.1, 0.15) is 11.5 Å². The van der Waals surface area contributed by atoms with E-state index in [1.54, 1.807) is 6.92 Å². The van der Waals surface area contributed by atoms with Gasteiger partial charge in [-0.15, -0.1) is 0 Å². The van der Waals surface area contributed by atoms with E-state index in [-0.39, 0.29) is 6.61 Å². The normalized spacial score (nSPS) is 12.6. The number of hydrogen-bond donors (Lipinski definition) is 2. The smallest absolute Gasteiger partial charge is 0.279 e. The van der Waals surface area contributed by atoms with Crippen LogP contribution in [0.5, 0.6) is 11.5 Å². The molecule has 2 atom stereocenters. The molecular formula is C23H30N2O4. The molecule has 0 bridgehead atoms. The van der Waals surface area contributed by atoms with Crippen molar-refractivity contribution in [2.75, 3.05) is 6.61 Å². The molecule has 2 aromatic carbocycles. The third kappa shape index (κ3) is 6.52. The second-order valence-electron chi connectivity index (χ2n) is 7.20. The van der Waals surface area contributed by atoms with E-state index in [0.29, 0.717) is 17.4 Å². The standard InChI is InChI=1S/C23H30N2O4/c1-6-16(3)19-9-7-8-10-21(19)29-18(5)23(27)25-24-22(26)14-28-20-12-11-15(2)13-17(20)4/h7-13,16,18H,6,14H2,1-5H3,(H,24,26)(H,25,27). The second kappa shape index (κ2) is 10.5. The quantitative estimate of drug-likeness (QED) is 0.663. The summed E-state index contributed by atoms with van der Waals surface area (Å²) in [5, 5.41) is 0. The summed E-state index contributed by atoms with van der Waals surface area (Å²) in [5.74, 6) is 0.738. The maximum atomic E-state index is 12.3. The lowest BCUT2D eigenvalue weighted by atomic mass is 9.98. The molecule has 2 unspecified atom stereocenters. The summed E-state index contributed by atoms with van der Waals surface area (Å²) in [6.07, 6.45) is 0.207. The first-order valence-corrected chi connectivity index (χ1v) is 9.86. The number of hydrogen-bond acceptors (Lipinski definition) is 4. The van der Waals surface area contributed by atoms with E-state index in [1.807, 2.05) is 56.3 Å². The van der Waals surface area contributed by atoms with Crippen molar-refractivity contribution in [1.82, 2.24) is 10.9 Å². The first-order valence-electron chi connectivity index (χ1n) is 9.86. The largest absolute Gasteiger partial charge is 0.483 e. The molecule has 2 rings (SSSR count). The third-order valence-corrected chi connectivity index (χ3v) is 4.75. The lowest BCUT2D eigenvalue weighted by Gasteiger charge is -2.19. The fourth-order valence-corrected chi connectivity index (χ4v) is 2.83. The molecule has 0 fully saturated rings. The first kappa shape index (κ1) is 22.3. The van der Waals surface area contributed by atoms with Crippen LogP contribution in [0.25, 0.3) is 0 Å². The number of amides is 2.